The fourth-order valence-corrected chi connectivity index (χ4v) is 3.39. The van der Waals surface area contributed by atoms with Gasteiger partial charge in [0.15, 0.2) is 0 Å². The molecule has 0 aliphatic rings. The lowest BCUT2D eigenvalue weighted by Crippen LogP contribution is -2.12. The molecule has 0 aliphatic heterocycles. The number of hydrogen-bond donors (Lipinski definition) is 2. The third-order valence-electron chi connectivity index (χ3n) is 3.73. The van der Waals surface area contributed by atoms with Gasteiger partial charge in [0.2, 0.25) is 5.91 Å². The van der Waals surface area contributed by atoms with E-state index >= 15 is 0 Å². The first-order valence-corrected chi connectivity index (χ1v) is 8.86. The van der Waals surface area contributed by atoms with Gasteiger partial charge < -0.3 is 15.4 Å². The van der Waals surface area contributed by atoms with Gasteiger partial charge in [-0.15, -0.1) is 11.3 Å². The topological polar surface area (TPSA) is 67.4 Å². The smallest absolute Gasteiger partial charge is 0.266 e. The average Bonchev–Trinajstić information content (AvgIpc) is 3.13. The molecule has 2 amide bonds. The molecule has 1 aromatic heterocycles. The Balaban J connectivity index is 1.83. The van der Waals surface area contributed by atoms with Crippen LogP contribution in [0.25, 0.3) is 11.1 Å². The third-order valence-corrected chi connectivity index (χ3v) is 4.64. The maximum Gasteiger partial charge on any atom is 0.266 e. The lowest BCUT2D eigenvalue weighted by Gasteiger charge is -2.12. The highest BCUT2D eigenvalue weighted by atomic mass is 32.1. The number of amides is 2. The van der Waals surface area contributed by atoms with Gasteiger partial charge in [0, 0.05) is 24.2 Å². The number of thiophene rings is 1. The molecule has 0 bridgehead atoms. The minimum absolute atomic E-state index is 0.187. The van der Waals surface area contributed by atoms with E-state index < -0.39 is 0 Å². The van der Waals surface area contributed by atoms with Crippen LogP contribution in [0.2, 0.25) is 0 Å². The number of hydrogen-bond acceptors (Lipinski definition) is 4. The Morgan fingerprint density at radius 3 is 2.46 bits per heavy atom. The standard InChI is InChI=1S/C20H18N2O3S/c1-13(23)21-17-9-8-15(12-18(17)25-2)22-20(24)19-16(10-11-26-19)14-6-4-3-5-7-14/h3-12H,1-2H3,(H,21,23)(H,22,24). The molecule has 0 radical (unpaired) electrons. The monoisotopic (exact) mass is 366 g/mol. The molecule has 1 heterocycles. The number of methoxy groups -OCH3 is 1. The van der Waals surface area contributed by atoms with Gasteiger partial charge in [-0.3, -0.25) is 9.59 Å². The van der Waals surface area contributed by atoms with Crippen molar-refractivity contribution in [1.82, 2.24) is 0 Å². The molecule has 0 saturated heterocycles. The maximum absolute atomic E-state index is 12.7. The Kier molecular flexibility index (Phi) is 5.34. The number of rotatable bonds is 5. The lowest BCUT2D eigenvalue weighted by atomic mass is 10.1. The first-order chi connectivity index (χ1) is 12.6. The summed E-state index contributed by atoms with van der Waals surface area (Å²) in [5, 5.41) is 7.48. The van der Waals surface area contributed by atoms with Gasteiger partial charge >= 0.3 is 0 Å². The van der Waals surface area contributed by atoms with Gasteiger partial charge in [-0.05, 0) is 29.1 Å². The van der Waals surface area contributed by atoms with Crippen LogP contribution in [0.1, 0.15) is 16.6 Å². The predicted octanol–water partition coefficient (Wildman–Crippen LogP) is 4.63. The molecule has 0 unspecified atom stereocenters. The van der Waals surface area contributed by atoms with E-state index in [0.717, 1.165) is 11.1 Å². The minimum Gasteiger partial charge on any atom is -0.494 e. The number of ether oxygens (including phenoxy) is 1. The Morgan fingerprint density at radius 2 is 1.77 bits per heavy atom. The Hall–Kier alpha value is -3.12. The molecule has 0 spiro atoms. The molecular weight excluding hydrogens is 348 g/mol. The molecule has 6 heteroatoms. The lowest BCUT2D eigenvalue weighted by molar-refractivity contribution is -0.114. The molecule has 2 aromatic carbocycles. The minimum atomic E-state index is -0.189. The first-order valence-electron chi connectivity index (χ1n) is 7.98. The van der Waals surface area contributed by atoms with Gasteiger partial charge in [0.05, 0.1) is 17.7 Å². The highest BCUT2D eigenvalue weighted by molar-refractivity contribution is 7.12. The van der Waals surface area contributed by atoms with Crippen LogP contribution in [0, 0.1) is 0 Å². The van der Waals surface area contributed by atoms with E-state index in [9.17, 15) is 9.59 Å². The molecule has 0 fully saturated rings. The molecule has 132 valence electrons. The van der Waals surface area contributed by atoms with Crippen molar-refractivity contribution in [2.24, 2.45) is 0 Å². The largest absolute Gasteiger partial charge is 0.494 e. The molecule has 26 heavy (non-hydrogen) atoms. The highest BCUT2D eigenvalue weighted by Gasteiger charge is 2.15. The molecule has 0 saturated carbocycles. The van der Waals surface area contributed by atoms with E-state index in [1.807, 2.05) is 41.8 Å². The zero-order chi connectivity index (χ0) is 18.5. The van der Waals surface area contributed by atoms with Crippen molar-refractivity contribution in [1.29, 1.82) is 0 Å². The molecule has 0 atom stereocenters. The number of benzene rings is 2. The van der Waals surface area contributed by atoms with Gasteiger partial charge in [-0.2, -0.15) is 0 Å². The van der Waals surface area contributed by atoms with Gasteiger partial charge in [-0.1, -0.05) is 30.3 Å². The summed E-state index contributed by atoms with van der Waals surface area (Å²) in [6, 6.07) is 16.8. The van der Waals surface area contributed by atoms with Crippen LogP contribution < -0.4 is 15.4 Å². The second-order valence-corrected chi connectivity index (χ2v) is 6.50. The fraction of sp³-hybridized carbons (Fsp3) is 0.100. The number of nitrogens with one attached hydrogen (secondary N) is 2. The summed E-state index contributed by atoms with van der Waals surface area (Å²) in [4.78, 5) is 24.6. The number of carbonyl (C=O) groups is 2. The van der Waals surface area contributed by atoms with Crippen molar-refractivity contribution >= 4 is 34.5 Å². The van der Waals surface area contributed by atoms with Crippen LogP contribution in [0.3, 0.4) is 0 Å². The van der Waals surface area contributed by atoms with E-state index in [0.29, 0.717) is 22.0 Å². The zero-order valence-corrected chi connectivity index (χ0v) is 15.2. The summed E-state index contributed by atoms with van der Waals surface area (Å²) >= 11 is 1.39. The summed E-state index contributed by atoms with van der Waals surface area (Å²) in [6.07, 6.45) is 0. The Morgan fingerprint density at radius 1 is 1.00 bits per heavy atom. The van der Waals surface area contributed by atoms with Gasteiger partial charge in [0.1, 0.15) is 5.75 Å². The SMILES string of the molecule is COc1cc(NC(=O)c2sccc2-c2ccccc2)ccc1NC(C)=O. The molecule has 3 rings (SSSR count). The van der Waals surface area contributed by atoms with Crippen LogP contribution in [0.15, 0.2) is 60.0 Å². The molecule has 0 aliphatic carbocycles. The van der Waals surface area contributed by atoms with Crippen LogP contribution in [-0.4, -0.2) is 18.9 Å². The van der Waals surface area contributed by atoms with E-state index in [-0.39, 0.29) is 11.8 Å². The molecular formula is C20H18N2O3S. The van der Waals surface area contributed by atoms with Crippen molar-refractivity contribution < 1.29 is 14.3 Å². The zero-order valence-electron chi connectivity index (χ0n) is 14.4. The summed E-state index contributed by atoms with van der Waals surface area (Å²) in [6.45, 7) is 1.43. The molecule has 5 nitrogen and oxygen atoms in total. The Bertz CT molecular complexity index is 935. The van der Waals surface area contributed by atoms with E-state index in [4.69, 9.17) is 4.74 Å². The van der Waals surface area contributed by atoms with Crippen LogP contribution in [-0.2, 0) is 4.79 Å². The molecule has 3 aromatic rings. The van der Waals surface area contributed by atoms with Crippen molar-refractivity contribution in [2.45, 2.75) is 6.92 Å². The summed E-state index contributed by atoms with van der Waals surface area (Å²) in [5.41, 5.74) is 3.04. The van der Waals surface area contributed by atoms with Crippen LogP contribution in [0.4, 0.5) is 11.4 Å². The Labute approximate surface area is 155 Å². The van der Waals surface area contributed by atoms with E-state index in [1.165, 1.54) is 25.4 Å². The van der Waals surface area contributed by atoms with Crippen molar-refractivity contribution in [3.63, 3.8) is 0 Å². The highest BCUT2D eigenvalue weighted by Crippen LogP contribution is 2.31. The van der Waals surface area contributed by atoms with Gasteiger partial charge in [0.25, 0.3) is 5.91 Å². The van der Waals surface area contributed by atoms with Crippen molar-refractivity contribution in [3.8, 4) is 16.9 Å². The number of anilines is 2. The van der Waals surface area contributed by atoms with Crippen LogP contribution in [0.5, 0.6) is 5.75 Å². The second kappa shape index (κ2) is 7.84. The summed E-state index contributed by atoms with van der Waals surface area (Å²) in [5.74, 6) is 0.104. The number of carbonyl (C=O) groups excluding carboxylic acids is 2. The predicted molar refractivity (Wildman–Crippen MR) is 105 cm³/mol. The summed E-state index contributed by atoms with van der Waals surface area (Å²) in [7, 11) is 1.51. The first kappa shape index (κ1) is 17.7. The normalized spacial score (nSPS) is 10.2. The molecule has 2 N–H and O–H groups in total. The summed E-state index contributed by atoms with van der Waals surface area (Å²) < 4.78 is 5.29. The van der Waals surface area contributed by atoms with E-state index in [1.54, 1.807) is 18.2 Å². The van der Waals surface area contributed by atoms with Crippen molar-refractivity contribution in [2.75, 3.05) is 17.7 Å². The third kappa shape index (κ3) is 3.92. The average molecular weight is 366 g/mol. The maximum atomic E-state index is 12.7. The van der Waals surface area contributed by atoms with Gasteiger partial charge in [-0.25, -0.2) is 0 Å². The quantitative estimate of drug-likeness (QED) is 0.691. The van der Waals surface area contributed by atoms with Crippen LogP contribution >= 0.6 is 11.3 Å². The fourth-order valence-electron chi connectivity index (χ4n) is 2.58. The second-order valence-electron chi connectivity index (χ2n) is 5.58. The van der Waals surface area contributed by atoms with E-state index in [2.05, 4.69) is 10.6 Å². The van der Waals surface area contributed by atoms with Crippen molar-refractivity contribution in [3.05, 3.63) is 64.9 Å².